The Morgan fingerprint density at radius 2 is 1.93 bits per heavy atom. The van der Waals surface area contributed by atoms with Gasteiger partial charge in [0.25, 0.3) is 0 Å². The van der Waals surface area contributed by atoms with Gasteiger partial charge in [-0.25, -0.2) is 9.97 Å². The molecule has 0 aliphatic heterocycles. The normalized spacial score (nSPS) is 9.07. The van der Waals surface area contributed by atoms with Crippen molar-refractivity contribution in [3.8, 4) is 12.1 Å². The van der Waals surface area contributed by atoms with Gasteiger partial charge in [0, 0.05) is 5.56 Å². The molecule has 0 atom stereocenters. The molecule has 5 nitrogen and oxygen atoms in total. The zero-order valence-electron chi connectivity index (χ0n) is 8.11. The first-order valence-corrected chi connectivity index (χ1v) is 4.54. The summed E-state index contributed by atoms with van der Waals surface area (Å²) in [6.07, 6.45) is 1.31. The van der Waals surface area contributed by atoms with Gasteiger partial charge in [-0.2, -0.15) is 10.5 Å². The minimum atomic E-state index is 0.0990. The van der Waals surface area contributed by atoms with Crippen molar-refractivity contribution in [1.29, 1.82) is 10.5 Å². The lowest BCUT2D eigenvalue weighted by molar-refractivity contribution is 0.914. The lowest BCUT2D eigenvalue weighted by Crippen LogP contribution is -2.25. The fourth-order valence-electron chi connectivity index (χ4n) is 1.12. The standard InChI is InChI=1S/C9H8ClN5/c1-7-8(10)13-6-14-9(7)15(4-2-11)5-3-12/h6H,4-5H2,1H3. The zero-order valence-corrected chi connectivity index (χ0v) is 8.86. The summed E-state index contributed by atoms with van der Waals surface area (Å²) in [5.74, 6) is 0.526. The highest BCUT2D eigenvalue weighted by molar-refractivity contribution is 6.30. The smallest absolute Gasteiger partial charge is 0.138 e. The topological polar surface area (TPSA) is 76.6 Å². The predicted molar refractivity (Wildman–Crippen MR) is 55.2 cm³/mol. The van der Waals surface area contributed by atoms with Crippen molar-refractivity contribution < 1.29 is 0 Å². The molecule has 0 amide bonds. The highest BCUT2D eigenvalue weighted by Crippen LogP contribution is 2.21. The first-order chi connectivity index (χ1) is 7.20. The van der Waals surface area contributed by atoms with E-state index in [0.717, 1.165) is 0 Å². The first kappa shape index (κ1) is 11.2. The van der Waals surface area contributed by atoms with Crippen LogP contribution < -0.4 is 4.90 Å². The second kappa shape index (κ2) is 5.14. The van der Waals surface area contributed by atoms with E-state index in [4.69, 9.17) is 22.1 Å². The van der Waals surface area contributed by atoms with E-state index in [0.29, 0.717) is 16.5 Å². The molecule has 1 heterocycles. The highest BCUT2D eigenvalue weighted by Gasteiger charge is 2.12. The fraction of sp³-hybridized carbons (Fsp3) is 0.333. The van der Waals surface area contributed by atoms with Crippen LogP contribution in [0.15, 0.2) is 6.33 Å². The van der Waals surface area contributed by atoms with Crippen LogP contribution in [0, 0.1) is 29.6 Å². The maximum absolute atomic E-state index is 8.61. The molecule has 0 unspecified atom stereocenters. The maximum atomic E-state index is 8.61. The molecule has 1 aromatic rings. The van der Waals surface area contributed by atoms with Crippen LogP contribution in [-0.2, 0) is 0 Å². The van der Waals surface area contributed by atoms with E-state index >= 15 is 0 Å². The van der Waals surface area contributed by atoms with Crippen LogP contribution in [0.25, 0.3) is 0 Å². The third kappa shape index (κ3) is 2.55. The molecule has 0 spiro atoms. The van der Waals surface area contributed by atoms with E-state index in [9.17, 15) is 0 Å². The van der Waals surface area contributed by atoms with Gasteiger partial charge < -0.3 is 4.90 Å². The van der Waals surface area contributed by atoms with Crippen molar-refractivity contribution in [2.75, 3.05) is 18.0 Å². The van der Waals surface area contributed by atoms with Gasteiger partial charge in [-0.05, 0) is 6.92 Å². The number of aromatic nitrogens is 2. The van der Waals surface area contributed by atoms with Crippen LogP contribution in [0.5, 0.6) is 0 Å². The molecule has 0 radical (unpaired) electrons. The van der Waals surface area contributed by atoms with E-state index in [1.807, 2.05) is 12.1 Å². The summed E-state index contributed by atoms with van der Waals surface area (Å²) in [4.78, 5) is 9.35. The molecule has 1 aromatic heterocycles. The van der Waals surface area contributed by atoms with E-state index in [2.05, 4.69) is 9.97 Å². The van der Waals surface area contributed by atoms with Gasteiger partial charge in [0.15, 0.2) is 0 Å². The molecule has 0 aliphatic carbocycles. The predicted octanol–water partition coefficient (Wildman–Crippen LogP) is 1.29. The number of rotatable bonds is 3. The summed E-state index contributed by atoms with van der Waals surface area (Å²) in [5.41, 5.74) is 0.671. The summed E-state index contributed by atoms with van der Waals surface area (Å²) in [6.45, 7) is 1.95. The Kier molecular flexibility index (Phi) is 3.84. The average molecular weight is 222 g/mol. The minimum Gasteiger partial charge on any atom is -0.330 e. The second-order valence-electron chi connectivity index (χ2n) is 2.79. The monoisotopic (exact) mass is 221 g/mol. The molecule has 1 rings (SSSR count). The molecule has 0 fully saturated rings. The van der Waals surface area contributed by atoms with E-state index in [1.165, 1.54) is 6.33 Å². The third-order valence-electron chi connectivity index (χ3n) is 1.82. The maximum Gasteiger partial charge on any atom is 0.138 e. The van der Waals surface area contributed by atoms with Crippen molar-refractivity contribution >= 4 is 17.4 Å². The van der Waals surface area contributed by atoms with E-state index in [1.54, 1.807) is 11.8 Å². The molecular weight excluding hydrogens is 214 g/mol. The van der Waals surface area contributed by atoms with Gasteiger partial charge in [0.1, 0.15) is 30.4 Å². The summed E-state index contributed by atoms with van der Waals surface area (Å²) >= 11 is 5.81. The largest absolute Gasteiger partial charge is 0.330 e. The van der Waals surface area contributed by atoms with Crippen LogP contribution in [0.4, 0.5) is 5.82 Å². The molecule has 0 aromatic carbocycles. The number of nitrogens with zero attached hydrogens (tertiary/aromatic N) is 5. The van der Waals surface area contributed by atoms with Gasteiger partial charge in [-0.3, -0.25) is 0 Å². The van der Waals surface area contributed by atoms with Gasteiger partial charge >= 0.3 is 0 Å². The third-order valence-corrected chi connectivity index (χ3v) is 2.20. The van der Waals surface area contributed by atoms with Crippen LogP contribution in [0.2, 0.25) is 5.15 Å². The Morgan fingerprint density at radius 3 is 2.47 bits per heavy atom. The summed E-state index contributed by atoms with van der Waals surface area (Å²) in [6, 6.07) is 3.94. The van der Waals surface area contributed by atoms with Crippen LogP contribution in [0.1, 0.15) is 5.56 Å². The van der Waals surface area contributed by atoms with Gasteiger partial charge in [0.2, 0.25) is 0 Å². The lowest BCUT2D eigenvalue weighted by Gasteiger charge is -2.18. The van der Waals surface area contributed by atoms with E-state index in [-0.39, 0.29) is 13.1 Å². The van der Waals surface area contributed by atoms with Gasteiger partial charge in [0.05, 0.1) is 12.1 Å². The Bertz CT molecular complexity index is 415. The number of hydrogen-bond donors (Lipinski definition) is 0. The zero-order chi connectivity index (χ0) is 11.3. The van der Waals surface area contributed by atoms with Crippen LogP contribution in [-0.4, -0.2) is 23.1 Å². The Balaban J connectivity index is 3.07. The highest BCUT2D eigenvalue weighted by atomic mass is 35.5. The Hall–Kier alpha value is -1.85. The fourth-order valence-corrected chi connectivity index (χ4v) is 1.24. The Labute approximate surface area is 92.5 Å². The van der Waals surface area contributed by atoms with Crippen molar-refractivity contribution in [1.82, 2.24) is 9.97 Å². The molecule has 76 valence electrons. The molecule has 0 aliphatic rings. The van der Waals surface area contributed by atoms with Crippen molar-refractivity contribution in [2.24, 2.45) is 0 Å². The molecular formula is C9H8ClN5. The SMILES string of the molecule is Cc1c(Cl)ncnc1N(CC#N)CC#N. The summed E-state index contributed by atoms with van der Waals surface area (Å²) in [7, 11) is 0. The van der Waals surface area contributed by atoms with Crippen LogP contribution in [0.3, 0.4) is 0 Å². The van der Waals surface area contributed by atoms with Crippen molar-refractivity contribution in [2.45, 2.75) is 6.92 Å². The number of anilines is 1. The van der Waals surface area contributed by atoms with Crippen molar-refractivity contribution in [3.05, 3.63) is 17.0 Å². The molecule has 0 N–H and O–H groups in total. The van der Waals surface area contributed by atoms with Gasteiger partial charge in [-0.1, -0.05) is 11.6 Å². The number of hydrogen-bond acceptors (Lipinski definition) is 5. The average Bonchev–Trinajstić information content (AvgIpc) is 2.22. The van der Waals surface area contributed by atoms with E-state index < -0.39 is 0 Å². The number of halogens is 1. The van der Waals surface area contributed by atoms with Crippen molar-refractivity contribution in [3.63, 3.8) is 0 Å². The first-order valence-electron chi connectivity index (χ1n) is 4.16. The summed E-state index contributed by atoms with van der Waals surface area (Å²) in [5, 5.41) is 17.5. The quantitative estimate of drug-likeness (QED) is 0.568. The summed E-state index contributed by atoms with van der Waals surface area (Å²) < 4.78 is 0. The molecule has 0 saturated carbocycles. The molecule has 15 heavy (non-hydrogen) atoms. The lowest BCUT2D eigenvalue weighted by atomic mass is 10.3. The molecule has 0 saturated heterocycles. The number of nitriles is 2. The molecule has 0 bridgehead atoms. The van der Waals surface area contributed by atoms with Gasteiger partial charge in [-0.15, -0.1) is 0 Å². The minimum absolute atomic E-state index is 0.0990. The van der Waals surface area contributed by atoms with Crippen LogP contribution >= 0.6 is 11.6 Å². The Morgan fingerprint density at radius 1 is 1.33 bits per heavy atom. The molecule has 6 heteroatoms. The second-order valence-corrected chi connectivity index (χ2v) is 3.14.